The van der Waals surface area contributed by atoms with Gasteiger partial charge in [0.1, 0.15) is 18.8 Å². The second kappa shape index (κ2) is 48.1. The van der Waals surface area contributed by atoms with Crippen LogP contribution in [-0.2, 0) is 42.9 Å². The van der Waals surface area contributed by atoms with E-state index in [-0.39, 0.29) is 19.3 Å². The van der Waals surface area contributed by atoms with Gasteiger partial charge in [-0.1, -0.05) is 181 Å². The lowest BCUT2D eigenvalue weighted by atomic mass is 9.98. The molecule has 12 nitrogen and oxygen atoms in total. The summed E-state index contributed by atoms with van der Waals surface area (Å²) < 4.78 is 28.2. The molecule has 1 aliphatic heterocycles. The summed E-state index contributed by atoms with van der Waals surface area (Å²) >= 11 is 0. The van der Waals surface area contributed by atoms with Crippen molar-refractivity contribution in [2.45, 2.75) is 225 Å². The second-order valence-corrected chi connectivity index (χ2v) is 18.1. The van der Waals surface area contributed by atoms with E-state index < -0.39 is 73.9 Å². The molecular formula is C61H94O12. The average molecular weight is 1020 g/mol. The smallest absolute Gasteiger partial charge is 0.335 e. The maximum atomic E-state index is 13.1. The normalized spacial score (nSPS) is 19.3. The van der Waals surface area contributed by atoms with E-state index in [2.05, 4.69) is 124 Å². The summed E-state index contributed by atoms with van der Waals surface area (Å²) in [5, 5.41) is 31.4. The highest BCUT2D eigenvalue weighted by Gasteiger charge is 2.50. The van der Waals surface area contributed by atoms with Gasteiger partial charge in [0, 0.05) is 12.8 Å². The highest BCUT2D eigenvalue weighted by Crippen LogP contribution is 2.26. The van der Waals surface area contributed by atoms with Gasteiger partial charge in [-0.15, -0.1) is 0 Å². The molecule has 0 aliphatic carbocycles. The van der Waals surface area contributed by atoms with E-state index in [1.807, 2.05) is 12.2 Å². The minimum atomic E-state index is -1.93. The molecule has 410 valence electrons. The van der Waals surface area contributed by atoms with Crippen LogP contribution < -0.4 is 0 Å². The van der Waals surface area contributed by atoms with Crippen molar-refractivity contribution in [3.05, 3.63) is 122 Å². The lowest BCUT2D eigenvalue weighted by Gasteiger charge is -2.40. The molecule has 6 atom stereocenters. The molecule has 1 heterocycles. The van der Waals surface area contributed by atoms with E-state index >= 15 is 0 Å². The number of carboxylic acids is 1. The summed E-state index contributed by atoms with van der Waals surface area (Å²) in [4.78, 5) is 50.9. The van der Waals surface area contributed by atoms with Crippen molar-refractivity contribution in [3.8, 4) is 0 Å². The van der Waals surface area contributed by atoms with Crippen molar-refractivity contribution in [1.29, 1.82) is 0 Å². The van der Waals surface area contributed by atoms with Gasteiger partial charge in [-0.2, -0.15) is 0 Å². The number of unbranched alkanes of at least 4 members (excludes halogenated alkanes) is 11. The first-order chi connectivity index (χ1) is 35.6. The van der Waals surface area contributed by atoms with Gasteiger partial charge in [0.15, 0.2) is 24.6 Å². The molecule has 1 rings (SSSR count). The number of carbonyl (C=O) groups is 4. The molecule has 0 aromatic carbocycles. The van der Waals surface area contributed by atoms with E-state index in [1.54, 1.807) is 6.08 Å². The molecule has 73 heavy (non-hydrogen) atoms. The van der Waals surface area contributed by atoms with Gasteiger partial charge in [0.05, 0.1) is 13.0 Å². The van der Waals surface area contributed by atoms with Crippen LogP contribution in [0.4, 0.5) is 0 Å². The quantitative estimate of drug-likeness (QED) is 0.0228. The standard InChI is InChI=1S/C61H94O12/c1-4-7-10-13-16-19-22-25-27-30-32-35-38-41-44-47-53(62)69-50-52(71-54(63)48-45-42-39-36-34-31-28-26-23-20-17-14-11-8-5-2)51-70-61-59(57(66)56(65)58(73-61)60(67)68)72-55(64)49-46-43-40-37-33-29-24-21-18-15-12-9-6-3/h7-8,10-11,16-17,19-21,24-28,32,34-36,41,44,52,56-59,61,65-66H,4-6,9,12-15,18,22-23,29-31,33,37-40,42-43,45-51H2,1-3H3,(H,67,68)/b10-7-,11-8-,19-16-,20-17-,24-21-,27-25-,28-26-,35-32-,36-34-,44-41-. The van der Waals surface area contributed by atoms with Crippen LogP contribution in [0.5, 0.6) is 0 Å². The largest absolute Gasteiger partial charge is 0.479 e. The molecule has 0 aromatic heterocycles. The lowest BCUT2D eigenvalue weighted by molar-refractivity contribution is -0.301. The number of carboxylic acid groups (broad SMARTS) is 1. The van der Waals surface area contributed by atoms with E-state index in [9.17, 15) is 34.5 Å². The van der Waals surface area contributed by atoms with Crippen LogP contribution in [0, 0.1) is 0 Å². The van der Waals surface area contributed by atoms with E-state index in [0.717, 1.165) is 103 Å². The Labute approximate surface area is 439 Å². The van der Waals surface area contributed by atoms with E-state index in [0.29, 0.717) is 19.3 Å². The number of esters is 3. The van der Waals surface area contributed by atoms with Crippen molar-refractivity contribution in [3.63, 3.8) is 0 Å². The van der Waals surface area contributed by atoms with Crippen LogP contribution >= 0.6 is 0 Å². The molecule has 12 heteroatoms. The average Bonchev–Trinajstić information content (AvgIpc) is 3.37. The topological polar surface area (TPSA) is 175 Å². The third-order valence-electron chi connectivity index (χ3n) is 11.5. The van der Waals surface area contributed by atoms with Crippen molar-refractivity contribution < 1.29 is 58.2 Å². The Kier molecular flexibility index (Phi) is 43.6. The van der Waals surface area contributed by atoms with E-state index in [4.69, 9.17) is 23.7 Å². The maximum absolute atomic E-state index is 13.1. The predicted molar refractivity (Wildman–Crippen MR) is 293 cm³/mol. The Balaban J connectivity index is 2.82. The Morgan fingerprint density at radius 3 is 1.42 bits per heavy atom. The molecule has 1 aliphatic rings. The molecular weight excluding hydrogens is 925 g/mol. The number of aliphatic carboxylic acids is 1. The van der Waals surface area contributed by atoms with Crippen molar-refractivity contribution in [1.82, 2.24) is 0 Å². The first-order valence-corrected chi connectivity index (χ1v) is 27.5. The Hall–Kier alpha value is -4.88. The molecule has 3 N–H and O–H groups in total. The number of aliphatic hydroxyl groups excluding tert-OH is 2. The minimum absolute atomic E-state index is 0.0302. The van der Waals surface area contributed by atoms with Gasteiger partial charge in [0.2, 0.25) is 0 Å². The molecule has 0 amide bonds. The maximum Gasteiger partial charge on any atom is 0.335 e. The van der Waals surface area contributed by atoms with Crippen molar-refractivity contribution in [2.24, 2.45) is 0 Å². The Morgan fingerprint density at radius 2 is 0.904 bits per heavy atom. The number of hydrogen-bond donors (Lipinski definition) is 3. The first kappa shape index (κ1) is 66.1. The molecule has 0 radical (unpaired) electrons. The Bertz CT molecular complexity index is 1730. The number of aliphatic hydroxyl groups is 2. The van der Waals surface area contributed by atoms with Crippen LogP contribution in [-0.4, -0.2) is 89.2 Å². The van der Waals surface area contributed by atoms with Gasteiger partial charge in [-0.05, 0) is 109 Å². The fraction of sp³-hybridized carbons (Fsp3) is 0.607. The molecule has 0 spiro atoms. The monoisotopic (exact) mass is 1020 g/mol. The molecule has 0 bridgehead atoms. The zero-order chi connectivity index (χ0) is 53.3. The number of rotatable bonds is 44. The SMILES string of the molecule is CC/C=C\C/C=C\C/C=C\C/C=C\C/C=C\CC(=O)OCC(COC1OC(C(=O)O)C(O)C(O)C1OC(=O)CCCCCCC/C=C\CCCCCC)OC(=O)CCCC/C=C\C/C=C\C/C=C\C/C=C\CC. The van der Waals surface area contributed by atoms with Gasteiger partial charge in [-0.3, -0.25) is 14.4 Å². The third-order valence-corrected chi connectivity index (χ3v) is 11.5. The predicted octanol–water partition coefficient (Wildman–Crippen LogP) is 13.7. The van der Waals surface area contributed by atoms with Crippen LogP contribution in [0.3, 0.4) is 0 Å². The zero-order valence-electron chi connectivity index (χ0n) is 44.8. The number of carbonyl (C=O) groups excluding carboxylic acids is 3. The van der Waals surface area contributed by atoms with Gasteiger partial charge < -0.3 is 39.0 Å². The minimum Gasteiger partial charge on any atom is -0.479 e. The summed E-state index contributed by atoms with van der Waals surface area (Å²) in [5.41, 5.74) is 0. The van der Waals surface area contributed by atoms with Crippen LogP contribution in [0.25, 0.3) is 0 Å². The van der Waals surface area contributed by atoms with Crippen molar-refractivity contribution in [2.75, 3.05) is 13.2 Å². The van der Waals surface area contributed by atoms with Crippen LogP contribution in [0.15, 0.2) is 122 Å². The molecule has 1 fully saturated rings. The number of hydrogen-bond acceptors (Lipinski definition) is 11. The Morgan fingerprint density at radius 1 is 0.479 bits per heavy atom. The molecule has 0 saturated carbocycles. The van der Waals surface area contributed by atoms with Crippen LogP contribution in [0.2, 0.25) is 0 Å². The zero-order valence-corrected chi connectivity index (χ0v) is 44.8. The fourth-order valence-electron chi connectivity index (χ4n) is 7.37. The summed E-state index contributed by atoms with van der Waals surface area (Å²) in [7, 11) is 0. The van der Waals surface area contributed by atoms with Gasteiger partial charge >= 0.3 is 23.9 Å². The second-order valence-electron chi connectivity index (χ2n) is 18.1. The van der Waals surface area contributed by atoms with Gasteiger partial charge in [0.25, 0.3) is 0 Å². The van der Waals surface area contributed by atoms with Gasteiger partial charge in [-0.25, -0.2) is 4.79 Å². The van der Waals surface area contributed by atoms with Crippen LogP contribution in [0.1, 0.15) is 188 Å². The highest BCUT2D eigenvalue weighted by molar-refractivity contribution is 5.74. The first-order valence-electron chi connectivity index (χ1n) is 27.5. The van der Waals surface area contributed by atoms with E-state index in [1.165, 1.54) is 25.7 Å². The number of ether oxygens (including phenoxy) is 5. The summed E-state index contributed by atoms with van der Waals surface area (Å²) in [6.45, 7) is 5.58. The lowest BCUT2D eigenvalue weighted by Crippen LogP contribution is -2.61. The molecule has 6 unspecified atom stereocenters. The van der Waals surface area contributed by atoms with Crippen molar-refractivity contribution >= 4 is 23.9 Å². The summed E-state index contributed by atoms with van der Waals surface area (Å²) in [5.74, 6) is -3.38. The molecule has 1 saturated heterocycles. The number of allylic oxidation sites excluding steroid dienone is 19. The summed E-state index contributed by atoms with van der Waals surface area (Å²) in [6, 6.07) is 0. The fourth-order valence-corrected chi connectivity index (χ4v) is 7.37. The molecule has 0 aromatic rings. The highest BCUT2D eigenvalue weighted by atomic mass is 16.7. The summed E-state index contributed by atoms with van der Waals surface area (Å²) in [6.07, 6.45) is 53.5. The third kappa shape index (κ3) is 38.4.